The molecule has 1 heterocycles. The molecule has 4 nitrogen and oxygen atoms in total. The third kappa shape index (κ3) is 4.22. The topological polar surface area (TPSA) is 62.0 Å². The lowest BCUT2D eigenvalue weighted by atomic mass is 10.1. The van der Waals surface area contributed by atoms with Crippen LogP contribution >= 0.6 is 0 Å². The van der Waals surface area contributed by atoms with Gasteiger partial charge in [-0.3, -0.25) is 9.59 Å². The maximum Gasteiger partial charge on any atom is 0.261 e. The summed E-state index contributed by atoms with van der Waals surface area (Å²) < 4.78 is 0. The molecule has 0 bridgehead atoms. The van der Waals surface area contributed by atoms with Gasteiger partial charge in [-0.15, -0.1) is 0 Å². The highest BCUT2D eigenvalue weighted by Gasteiger charge is 2.16. The molecule has 0 saturated heterocycles. The van der Waals surface area contributed by atoms with Crippen LogP contribution in [-0.4, -0.2) is 16.9 Å². The SMILES string of the molecule is CCCC[C@H](CC)NC(=O)c1cc(C)c(CC)[nH]c1=O. The molecule has 0 aliphatic heterocycles. The Kier molecular flexibility index (Phi) is 6.49. The number of aryl methyl sites for hydroxylation is 2. The van der Waals surface area contributed by atoms with Crippen molar-refractivity contribution >= 4 is 5.91 Å². The largest absolute Gasteiger partial charge is 0.349 e. The van der Waals surface area contributed by atoms with Crippen molar-refractivity contribution in [2.45, 2.75) is 65.8 Å². The first-order valence-electron chi connectivity index (χ1n) is 7.57. The van der Waals surface area contributed by atoms with Gasteiger partial charge in [-0.2, -0.15) is 0 Å². The van der Waals surface area contributed by atoms with E-state index in [1.54, 1.807) is 6.07 Å². The number of amides is 1. The Labute approximate surface area is 121 Å². The molecule has 0 unspecified atom stereocenters. The van der Waals surface area contributed by atoms with Crippen LogP contribution in [0.15, 0.2) is 10.9 Å². The lowest BCUT2D eigenvalue weighted by molar-refractivity contribution is 0.0931. The van der Waals surface area contributed by atoms with Gasteiger partial charge < -0.3 is 10.3 Å². The van der Waals surface area contributed by atoms with E-state index in [0.29, 0.717) is 0 Å². The van der Waals surface area contributed by atoms with Crippen LogP contribution in [0.2, 0.25) is 0 Å². The Morgan fingerprint density at radius 1 is 1.35 bits per heavy atom. The van der Waals surface area contributed by atoms with Gasteiger partial charge in [-0.25, -0.2) is 0 Å². The summed E-state index contributed by atoms with van der Waals surface area (Å²) in [7, 11) is 0. The van der Waals surface area contributed by atoms with Crippen LogP contribution < -0.4 is 10.9 Å². The fourth-order valence-electron chi connectivity index (χ4n) is 2.30. The lowest BCUT2D eigenvalue weighted by Gasteiger charge is -2.16. The molecule has 2 N–H and O–H groups in total. The van der Waals surface area contributed by atoms with Crippen LogP contribution in [0.25, 0.3) is 0 Å². The van der Waals surface area contributed by atoms with Gasteiger partial charge in [0.05, 0.1) is 0 Å². The average molecular weight is 278 g/mol. The fourth-order valence-corrected chi connectivity index (χ4v) is 2.30. The molecule has 0 aromatic carbocycles. The molecule has 1 rings (SSSR count). The molecule has 20 heavy (non-hydrogen) atoms. The predicted octanol–water partition coefficient (Wildman–Crippen LogP) is 2.94. The number of aromatic amines is 1. The van der Waals surface area contributed by atoms with Gasteiger partial charge in [0.15, 0.2) is 0 Å². The second-order valence-corrected chi connectivity index (χ2v) is 5.25. The summed E-state index contributed by atoms with van der Waals surface area (Å²) in [5.41, 5.74) is 1.77. The third-order valence-corrected chi connectivity index (χ3v) is 3.68. The summed E-state index contributed by atoms with van der Waals surface area (Å²) in [6, 6.07) is 1.84. The van der Waals surface area contributed by atoms with Crippen molar-refractivity contribution in [2.24, 2.45) is 0 Å². The highest BCUT2D eigenvalue weighted by Crippen LogP contribution is 2.08. The van der Waals surface area contributed by atoms with Crippen molar-refractivity contribution in [3.63, 3.8) is 0 Å². The summed E-state index contributed by atoms with van der Waals surface area (Å²) in [4.78, 5) is 27.0. The summed E-state index contributed by atoms with van der Waals surface area (Å²) >= 11 is 0. The standard InChI is InChI=1S/C16H26N2O2/c1-5-8-9-12(6-2)17-15(19)13-10-11(4)14(7-3)18-16(13)20/h10,12H,5-9H2,1-4H3,(H,17,19)(H,18,20)/t12-/m0/s1. The monoisotopic (exact) mass is 278 g/mol. The number of unbranched alkanes of at least 4 members (excludes halogenated alkanes) is 1. The molecule has 0 spiro atoms. The van der Waals surface area contributed by atoms with Crippen molar-refractivity contribution < 1.29 is 4.79 Å². The molecule has 0 aliphatic carbocycles. The molecule has 0 aliphatic rings. The second kappa shape index (κ2) is 7.88. The van der Waals surface area contributed by atoms with E-state index in [4.69, 9.17) is 0 Å². The van der Waals surface area contributed by atoms with E-state index in [0.717, 1.165) is 43.4 Å². The maximum absolute atomic E-state index is 12.2. The number of carbonyl (C=O) groups excluding carboxylic acids is 1. The second-order valence-electron chi connectivity index (χ2n) is 5.25. The van der Waals surface area contributed by atoms with Crippen LogP contribution in [0.4, 0.5) is 0 Å². The minimum atomic E-state index is -0.296. The fraction of sp³-hybridized carbons (Fsp3) is 0.625. The first-order chi connectivity index (χ1) is 9.53. The summed E-state index contributed by atoms with van der Waals surface area (Å²) in [6.07, 6.45) is 4.80. The molecule has 1 atom stereocenters. The number of nitrogens with one attached hydrogen (secondary N) is 2. The van der Waals surface area contributed by atoms with Gasteiger partial charge in [0.2, 0.25) is 0 Å². The van der Waals surface area contributed by atoms with Gasteiger partial charge in [0.1, 0.15) is 5.56 Å². The molecule has 112 valence electrons. The van der Waals surface area contributed by atoms with Crippen molar-refractivity contribution in [3.05, 3.63) is 33.2 Å². The first kappa shape index (κ1) is 16.5. The molecule has 0 fully saturated rings. The zero-order chi connectivity index (χ0) is 15.1. The smallest absolute Gasteiger partial charge is 0.261 e. The summed E-state index contributed by atoms with van der Waals surface area (Å²) in [5, 5.41) is 2.96. The minimum absolute atomic E-state index is 0.146. The molecule has 0 saturated carbocycles. The van der Waals surface area contributed by atoms with Crippen LogP contribution in [0.1, 0.15) is 68.1 Å². The van der Waals surface area contributed by atoms with E-state index >= 15 is 0 Å². The maximum atomic E-state index is 12.2. The molecular weight excluding hydrogens is 252 g/mol. The summed E-state index contributed by atoms with van der Waals surface area (Å²) in [6.45, 7) is 8.08. The van der Waals surface area contributed by atoms with Crippen molar-refractivity contribution in [2.75, 3.05) is 0 Å². The number of hydrogen-bond donors (Lipinski definition) is 2. The van der Waals surface area contributed by atoms with Gasteiger partial charge >= 0.3 is 0 Å². The van der Waals surface area contributed by atoms with E-state index in [1.807, 2.05) is 13.8 Å². The zero-order valence-electron chi connectivity index (χ0n) is 13.0. The van der Waals surface area contributed by atoms with E-state index in [2.05, 4.69) is 24.1 Å². The molecule has 1 aromatic heterocycles. The predicted molar refractivity (Wildman–Crippen MR) is 82.2 cm³/mol. The van der Waals surface area contributed by atoms with E-state index in [9.17, 15) is 9.59 Å². The van der Waals surface area contributed by atoms with Gasteiger partial charge in [-0.05, 0) is 37.8 Å². The van der Waals surface area contributed by atoms with Crippen LogP contribution in [0, 0.1) is 6.92 Å². The van der Waals surface area contributed by atoms with E-state index in [1.165, 1.54) is 0 Å². The molecule has 1 aromatic rings. The number of aromatic nitrogens is 1. The average Bonchev–Trinajstić information content (AvgIpc) is 2.44. The Balaban J connectivity index is 2.86. The number of H-pyrrole nitrogens is 1. The lowest BCUT2D eigenvalue weighted by Crippen LogP contribution is -2.37. The van der Waals surface area contributed by atoms with Gasteiger partial charge in [-0.1, -0.05) is 33.6 Å². The Bertz CT molecular complexity index is 506. The highest BCUT2D eigenvalue weighted by molar-refractivity contribution is 5.94. The van der Waals surface area contributed by atoms with Crippen molar-refractivity contribution in [1.29, 1.82) is 0 Å². The van der Waals surface area contributed by atoms with Gasteiger partial charge in [0, 0.05) is 11.7 Å². The number of hydrogen-bond acceptors (Lipinski definition) is 2. The van der Waals surface area contributed by atoms with Gasteiger partial charge in [0.25, 0.3) is 11.5 Å². The van der Waals surface area contributed by atoms with E-state index < -0.39 is 0 Å². The Hall–Kier alpha value is -1.58. The Morgan fingerprint density at radius 2 is 2.05 bits per heavy atom. The number of rotatable bonds is 7. The normalized spacial score (nSPS) is 12.2. The van der Waals surface area contributed by atoms with Crippen LogP contribution in [-0.2, 0) is 6.42 Å². The van der Waals surface area contributed by atoms with Crippen LogP contribution in [0.5, 0.6) is 0 Å². The number of carbonyl (C=O) groups is 1. The van der Waals surface area contributed by atoms with Crippen molar-refractivity contribution in [3.8, 4) is 0 Å². The Morgan fingerprint density at radius 3 is 2.60 bits per heavy atom. The highest BCUT2D eigenvalue weighted by atomic mass is 16.2. The molecule has 1 amide bonds. The van der Waals surface area contributed by atoms with Crippen LogP contribution in [0.3, 0.4) is 0 Å². The quantitative estimate of drug-likeness (QED) is 0.805. The first-order valence-corrected chi connectivity index (χ1v) is 7.57. The molecule has 0 radical (unpaired) electrons. The van der Waals surface area contributed by atoms with Crippen molar-refractivity contribution in [1.82, 2.24) is 10.3 Å². The zero-order valence-corrected chi connectivity index (χ0v) is 13.0. The number of pyridine rings is 1. The van der Waals surface area contributed by atoms with E-state index in [-0.39, 0.29) is 23.1 Å². The minimum Gasteiger partial charge on any atom is -0.349 e. The summed E-state index contributed by atoms with van der Waals surface area (Å²) in [5.74, 6) is -0.264. The molecule has 4 heteroatoms. The molecular formula is C16H26N2O2. The third-order valence-electron chi connectivity index (χ3n) is 3.68.